The van der Waals surface area contributed by atoms with E-state index in [-0.39, 0.29) is 5.91 Å². The van der Waals surface area contributed by atoms with Gasteiger partial charge in [-0.25, -0.2) is 4.68 Å². The highest BCUT2D eigenvalue weighted by Crippen LogP contribution is 2.36. The van der Waals surface area contributed by atoms with E-state index in [2.05, 4.69) is 32.6 Å². The Balaban J connectivity index is 1.21. The van der Waals surface area contributed by atoms with E-state index in [1.165, 1.54) is 5.69 Å². The Morgan fingerprint density at radius 2 is 1.93 bits per heavy atom. The number of tetrazole rings is 1. The number of nitrogens with zero attached hydrogens (tertiary/aromatic N) is 6. The van der Waals surface area contributed by atoms with E-state index in [1.54, 1.807) is 18.9 Å². The molecule has 144 valence electrons. The van der Waals surface area contributed by atoms with Gasteiger partial charge in [0.25, 0.3) is 0 Å². The van der Waals surface area contributed by atoms with Crippen LogP contribution in [0.3, 0.4) is 0 Å². The Bertz CT molecular complexity index is 768. The van der Waals surface area contributed by atoms with Crippen molar-refractivity contribution in [3.05, 3.63) is 24.3 Å². The van der Waals surface area contributed by atoms with Crippen LogP contribution in [0.5, 0.6) is 5.75 Å². The number of methoxy groups -OCH3 is 1. The summed E-state index contributed by atoms with van der Waals surface area (Å²) in [6, 6.07) is 8.54. The molecule has 9 heteroatoms. The van der Waals surface area contributed by atoms with Crippen molar-refractivity contribution < 1.29 is 9.53 Å². The van der Waals surface area contributed by atoms with E-state index in [0.29, 0.717) is 18.2 Å². The third-order valence-corrected chi connectivity index (χ3v) is 5.91. The fourth-order valence-corrected chi connectivity index (χ4v) is 4.09. The lowest BCUT2D eigenvalue weighted by molar-refractivity contribution is -0.131. The molecule has 0 atom stereocenters. The number of benzene rings is 1. The van der Waals surface area contributed by atoms with Crippen LogP contribution in [0, 0.1) is 0 Å². The van der Waals surface area contributed by atoms with E-state index in [4.69, 9.17) is 4.74 Å². The smallest absolute Gasteiger partial charge is 0.223 e. The highest BCUT2D eigenvalue weighted by molar-refractivity contribution is 7.99. The maximum Gasteiger partial charge on any atom is 0.223 e. The molecule has 1 amide bonds. The Kier molecular flexibility index (Phi) is 5.47. The quantitative estimate of drug-likeness (QED) is 0.670. The number of rotatable bonds is 7. The van der Waals surface area contributed by atoms with Gasteiger partial charge in [0.15, 0.2) is 0 Å². The van der Waals surface area contributed by atoms with Gasteiger partial charge in [0.1, 0.15) is 5.75 Å². The molecule has 1 saturated carbocycles. The van der Waals surface area contributed by atoms with Gasteiger partial charge in [0.2, 0.25) is 11.1 Å². The second-order valence-electron chi connectivity index (χ2n) is 6.80. The summed E-state index contributed by atoms with van der Waals surface area (Å²) in [6.07, 6.45) is 2.82. The van der Waals surface area contributed by atoms with Crippen molar-refractivity contribution >= 4 is 23.4 Å². The van der Waals surface area contributed by atoms with Crippen molar-refractivity contribution in [3.63, 3.8) is 0 Å². The second-order valence-corrected chi connectivity index (χ2v) is 7.86. The molecule has 4 rings (SSSR count). The summed E-state index contributed by atoms with van der Waals surface area (Å²) in [5.41, 5.74) is 1.17. The summed E-state index contributed by atoms with van der Waals surface area (Å²) >= 11 is 1.57. The third-order valence-electron chi connectivity index (χ3n) is 4.97. The molecule has 27 heavy (non-hydrogen) atoms. The largest absolute Gasteiger partial charge is 0.497 e. The average Bonchev–Trinajstić information content (AvgIpc) is 3.46. The van der Waals surface area contributed by atoms with Crippen LogP contribution in [0.4, 0.5) is 5.69 Å². The Labute approximate surface area is 162 Å². The maximum absolute atomic E-state index is 12.5. The van der Waals surface area contributed by atoms with Gasteiger partial charge in [-0.2, -0.15) is 0 Å². The van der Waals surface area contributed by atoms with Gasteiger partial charge in [0, 0.05) is 44.0 Å². The highest BCUT2D eigenvalue weighted by atomic mass is 32.2. The van der Waals surface area contributed by atoms with Crippen LogP contribution in [0.2, 0.25) is 0 Å². The van der Waals surface area contributed by atoms with Crippen LogP contribution >= 0.6 is 11.8 Å². The number of carbonyl (C=O) groups is 1. The van der Waals surface area contributed by atoms with E-state index >= 15 is 0 Å². The van der Waals surface area contributed by atoms with Crippen molar-refractivity contribution in [3.8, 4) is 5.75 Å². The first-order valence-electron chi connectivity index (χ1n) is 9.32. The third kappa shape index (κ3) is 4.35. The monoisotopic (exact) mass is 388 g/mol. The summed E-state index contributed by atoms with van der Waals surface area (Å²) in [4.78, 5) is 16.8. The molecule has 0 spiro atoms. The molecule has 1 aliphatic heterocycles. The number of aromatic nitrogens is 4. The first-order valence-corrected chi connectivity index (χ1v) is 10.3. The minimum atomic E-state index is 0.210. The van der Waals surface area contributed by atoms with Crippen molar-refractivity contribution in [2.45, 2.75) is 30.5 Å². The van der Waals surface area contributed by atoms with Crippen LogP contribution in [-0.2, 0) is 4.79 Å². The molecule has 0 bridgehead atoms. The predicted molar refractivity (Wildman–Crippen MR) is 103 cm³/mol. The summed E-state index contributed by atoms with van der Waals surface area (Å²) in [5.74, 6) is 1.78. The first-order chi connectivity index (χ1) is 13.2. The van der Waals surface area contributed by atoms with E-state index in [1.807, 2.05) is 21.7 Å². The second kappa shape index (κ2) is 8.16. The van der Waals surface area contributed by atoms with Gasteiger partial charge in [-0.05, 0) is 47.5 Å². The molecule has 1 aliphatic carbocycles. The van der Waals surface area contributed by atoms with E-state index in [0.717, 1.165) is 49.9 Å². The van der Waals surface area contributed by atoms with Crippen molar-refractivity contribution in [1.29, 1.82) is 0 Å². The van der Waals surface area contributed by atoms with Crippen molar-refractivity contribution in [2.75, 3.05) is 43.9 Å². The van der Waals surface area contributed by atoms with Gasteiger partial charge in [-0.1, -0.05) is 11.8 Å². The molecular formula is C18H24N6O2S. The van der Waals surface area contributed by atoms with Crippen molar-refractivity contribution in [2.24, 2.45) is 0 Å². The molecule has 1 aromatic carbocycles. The lowest BCUT2D eigenvalue weighted by Crippen LogP contribution is -2.48. The number of amides is 1. The molecule has 8 nitrogen and oxygen atoms in total. The zero-order chi connectivity index (χ0) is 18.6. The molecule has 2 fully saturated rings. The summed E-state index contributed by atoms with van der Waals surface area (Å²) in [6.45, 7) is 3.22. The maximum atomic E-state index is 12.5. The fourth-order valence-electron chi connectivity index (χ4n) is 3.22. The summed E-state index contributed by atoms with van der Waals surface area (Å²) in [7, 11) is 1.67. The van der Waals surface area contributed by atoms with Gasteiger partial charge >= 0.3 is 0 Å². The Hall–Kier alpha value is -2.29. The number of hydrogen-bond acceptors (Lipinski definition) is 7. The van der Waals surface area contributed by atoms with E-state index < -0.39 is 0 Å². The lowest BCUT2D eigenvalue weighted by Gasteiger charge is -2.36. The number of carbonyl (C=O) groups excluding carboxylic acids is 1. The topological polar surface area (TPSA) is 76.4 Å². The molecule has 0 N–H and O–H groups in total. The molecule has 2 aliphatic rings. The summed E-state index contributed by atoms with van der Waals surface area (Å²) in [5, 5.41) is 12.7. The minimum Gasteiger partial charge on any atom is -0.497 e. The first kappa shape index (κ1) is 18.1. The lowest BCUT2D eigenvalue weighted by atomic mass is 10.2. The molecule has 0 unspecified atom stereocenters. The van der Waals surface area contributed by atoms with Crippen LogP contribution in [0.25, 0.3) is 0 Å². The van der Waals surface area contributed by atoms with Crippen LogP contribution in [0.1, 0.15) is 25.3 Å². The number of thioether (sulfide) groups is 1. The minimum absolute atomic E-state index is 0.210. The number of ether oxygens (including phenoxy) is 1. The normalized spacial score (nSPS) is 17.2. The molecule has 1 saturated heterocycles. The molecule has 0 radical (unpaired) electrons. The predicted octanol–water partition coefficient (Wildman–Crippen LogP) is 1.85. The van der Waals surface area contributed by atoms with Crippen LogP contribution in [-0.4, -0.2) is 70.1 Å². The number of piperazine rings is 1. The van der Waals surface area contributed by atoms with Crippen LogP contribution < -0.4 is 9.64 Å². The standard InChI is InChI=1S/C18H24N6O2S/c1-26-16-6-4-14(5-7-16)22-9-11-23(12-10-22)17(25)8-13-27-18-19-20-21-24(18)15-2-3-15/h4-7,15H,2-3,8-13H2,1H3. The average molecular weight is 388 g/mol. The number of anilines is 1. The van der Waals surface area contributed by atoms with E-state index in [9.17, 15) is 4.79 Å². The Morgan fingerprint density at radius 1 is 1.19 bits per heavy atom. The molecule has 2 aromatic rings. The highest BCUT2D eigenvalue weighted by Gasteiger charge is 2.28. The zero-order valence-electron chi connectivity index (χ0n) is 15.5. The fraction of sp³-hybridized carbons (Fsp3) is 0.556. The van der Waals surface area contributed by atoms with Gasteiger partial charge < -0.3 is 14.5 Å². The van der Waals surface area contributed by atoms with Crippen molar-refractivity contribution in [1.82, 2.24) is 25.1 Å². The Morgan fingerprint density at radius 3 is 2.59 bits per heavy atom. The molecule has 2 heterocycles. The molecular weight excluding hydrogens is 364 g/mol. The summed E-state index contributed by atoms with van der Waals surface area (Å²) < 4.78 is 7.10. The molecule has 1 aromatic heterocycles. The van der Waals surface area contributed by atoms with Gasteiger partial charge in [0.05, 0.1) is 13.2 Å². The van der Waals surface area contributed by atoms with Crippen LogP contribution in [0.15, 0.2) is 29.4 Å². The zero-order valence-corrected chi connectivity index (χ0v) is 16.3. The van der Waals surface area contributed by atoms with Gasteiger partial charge in [-0.3, -0.25) is 4.79 Å². The number of hydrogen-bond donors (Lipinski definition) is 0. The van der Waals surface area contributed by atoms with Gasteiger partial charge in [-0.15, -0.1) is 5.10 Å². The SMILES string of the molecule is COc1ccc(N2CCN(C(=O)CCSc3nnnn3C3CC3)CC2)cc1.